The summed E-state index contributed by atoms with van der Waals surface area (Å²) in [5.41, 5.74) is 2.41. The zero-order valence-electron chi connectivity index (χ0n) is 12.4. The smallest absolute Gasteiger partial charge is 0.124 e. The van der Waals surface area contributed by atoms with Crippen LogP contribution in [0.5, 0.6) is 5.75 Å². The maximum absolute atomic E-state index is 5.36. The number of nitrogens with one attached hydrogen (secondary N) is 1. The van der Waals surface area contributed by atoms with Crippen molar-refractivity contribution < 1.29 is 9.47 Å². The van der Waals surface area contributed by atoms with Crippen LogP contribution in [0.4, 0.5) is 0 Å². The molecule has 0 heterocycles. The van der Waals surface area contributed by atoms with Crippen molar-refractivity contribution in [1.29, 1.82) is 0 Å². The first kappa shape index (κ1) is 14.4. The lowest BCUT2D eigenvalue weighted by Crippen LogP contribution is -2.22. The van der Waals surface area contributed by atoms with Crippen LogP contribution in [0.2, 0.25) is 0 Å². The molecule has 0 radical (unpaired) electrons. The minimum Gasteiger partial charge on any atom is -0.496 e. The maximum atomic E-state index is 5.36. The van der Waals surface area contributed by atoms with Crippen LogP contribution in [0.3, 0.4) is 0 Å². The Balaban J connectivity index is 2.04. The molecule has 0 aliphatic heterocycles. The first-order valence-corrected chi connectivity index (χ1v) is 7.11. The Morgan fingerprint density at radius 2 is 2.16 bits per heavy atom. The zero-order chi connectivity index (χ0) is 13.8. The van der Waals surface area contributed by atoms with Gasteiger partial charge in [-0.3, -0.25) is 0 Å². The van der Waals surface area contributed by atoms with Gasteiger partial charge in [-0.25, -0.2) is 0 Å². The lowest BCUT2D eigenvalue weighted by atomic mass is 10.0. The summed E-state index contributed by atoms with van der Waals surface area (Å²) in [7, 11) is 3.41. The molecule has 1 aliphatic carbocycles. The molecular formula is C16H25NO2. The van der Waals surface area contributed by atoms with E-state index < -0.39 is 0 Å². The summed E-state index contributed by atoms with van der Waals surface area (Å²) in [5.74, 6) is 1.77. The van der Waals surface area contributed by atoms with Crippen LogP contribution in [0.1, 0.15) is 43.9 Å². The second kappa shape index (κ2) is 6.40. The Bertz CT molecular complexity index is 419. The first-order chi connectivity index (χ1) is 9.19. The minimum absolute atomic E-state index is 0.378. The van der Waals surface area contributed by atoms with Gasteiger partial charge in [-0.05, 0) is 37.0 Å². The molecular weight excluding hydrogens is 238 g/mol. The molecule has 3 heteroatoms. The molecule has 3 nitrogen and oxygen atoms in total. The van der Waals surface area contributed by atoms with Gasteiger partial charge < -0.3 is 14.8 Å². The van der Waals surface area contributed by atoms with Crippen molar-refractivity contribution in [3.63, 3.8) is 0 Å². The normalized spacial score (nSPS) is 23.2. The average molecular weight is 263 g/mol. The van der Waals surface area contributed by atoms with Gasteiger partial charge in [-0.2, -0.15) is 0 Å². The lowest BCUT2D eigenvalue weighted by Gasteiger charge is -2.17. The second-order valence-electron chi connectivity index (χ2n) is 5.40. The summed E-state index contributed by atoms with van der Waals surface area (Å²) in [5, 5.41) is 3.70. The summed E-state index contributed by atoms with van der Waals surface area (Å²) >= 11 is 0. The van der Waals surface area contributed by atoms with Crippen LogP contribution < -0.4 is 10.1 Å². The van der Waals surface area contributed by atoms with E-state index in [1.807, 2.05) is 6.07 Å². The van der Waals surface area contributed by atoms with Crippen molar-refractivity contribution in [3.8, 4) is 5.75 Å². The molecule has 0 aromatic heterocycles. The molecule has 0 bridgehead atoms. The molecule has 1 saturated carbocycles. The van der Waals surface area contributed by atoms with Crippen LogP contribution in [0.25, 0.3) is 0 Å². The van der Waals surface area contributed by atoms with Crippen LogP contribution >= 0.6 is 0 Å². The molecule has 3 unspecified atom stereocenters. The highest BCUT2D eigenvalue weighted by Crippen LogP contribution is 2.35. The van der Waals surface area contributed by atoms with Gasteiger partial charge in [0, 0.05) is 24.8 Å². The summed E-state index contributed by atoms with van der Waals surface area (Å²) in [6.45, 7) is 5.08. The van der Waals surface area contributed by atoms with Gasteiger partial charge >= 0.3 is 0 Å². The van der Waals surface area contributed by atoms with Crippen molar-refractivity contribution in [1.82, 2.24) is 5.32 Å². The third kappa shape index (κ3) is 3.48. The van der Waals surface area contributed by atoms with Crippen LogP contribution in [-0.2, 0) is 11.3 Å². The molecule has 0 amide bonds. The fraction of sp³-hybridized carbons (Fsp3) is 0.625. The number of methoxy groups -OCH3 is 2. The van der Waals surface area contributed by atoms with Gasteiger partial charge in [-0.15, -0.1) is 0 Å². The van der Waals surface area contributed by atoms with Crippen LogP contribution in [0.15, 0.2) is 18.2 Å². The standard InChI is InChI=1S/C16H25NO2/c1-5-12-9-15(12)17-11(2)13-6-7-16(19-4)14(8-13)10-18-3/h6-8,11-12,15,17H,5,9-10H2,1-4H3. The number of ether oxygens (including phenoxy) is 2. The Labute approximate surface area is 116 Å². The maximum Gasteiger partial charge on any atom is 0.124 e. The fourth-order valence-corrected chi connectivity index (χ4v) is 2.66. The van der Waals surface area contributed by atoms with Gasteiger partial charge in [0.25, 0.3) is 0 Å². The predicted octanol–water partition coefficient (Wildman–Crippen LogP) is 3.29. The van der Waals surface area contributed by atoms with Crippen molar-refractivity contribution in [3.05, 3.63) is 29.3 Å². The summed E-state index contributed by atoms with van der Waals surface area (Å²) < 4.78 is 10.6. The van der Waals surface area contributed by atoms with Gasteiger partial charge in [0.1, 0.15) is 5.75 Å². The number of hydrogen-bond donors (Lipinski definition) is 1. The monoisotopic (exact) mass is 263 g/mol. The molecule has 1 aromatic rings. The molecule has 1 aromatic carbocycles. The quantitative estimate of drug-likeness (QED) is 0.819. The third-order valence-electron chi connectivity index (χ3n) is 4.02. The van der Waals surface area contributed by atoms with Gasteiger partial charge in [0.2, 0.25) is 0 Å². The zero-order valence-corrected chi connectivity index (χ0v) is 12.4. The minimum atomic E-state index is 0.378. The molecule has 1 aliphatic rings. The predicted molar refractivity (Wildman–Crippen MR) is 77.4 cm³/mol. The molecule has 106 valence electrons. The Morgan fingerprint density at radius 1 is 1.37 bits per heavy atom. The Kier molecular flexibility index (Phi) is 4.83. The van der Waals surface area contributed by atoms with E-state index >= 15 is 0 Å². The summed E-state index contributed by atoms with van der Waals surface area (Å²) in [6, 6.07) is 7.44. The van der Waals surface area contributed by atoms with E-state index in [1.165, 1.54) is 18.4 Å². The molecule has 0 saturated heterocycles. The summed E-state index contributed by atoms with van der Waals surface area (Å²) in [6.07, 6.45) is 2.60. The number of rotatable bonds is 7. The van der Waals surface area contributed by atoms with E-state index in [-0.39, 0.29) is 0 Å². The van der Waals surface area contributed by atoms with E-state index in [0.717, 1.165) is 17.2 Å². The van der Waals surface area contributed by atoms with Crippen LogP contribution in [-0.4, -0.2) is 20.3 Å². The van der Waals surface area contributed by atoms with Crippen molar-refractivity contribution >= 4 is 0 Å². The van der Waals surface area contributed by atoms with Gasteiger partial charge in [0.05, 0.1) is 13.7 Å². The molecule has 0 spiro atoms. The molecule has 3 atom stereocenters. The Hall–Kier alpha value is -1.06. The van der Waals surface area contributed by atoms with E-state index in [4.69, 9.17) is 9.47 Å². The fourth-order valence-electron chi connectivity index (χ4n) is 2.66. The Morgan fingerprint density at radius 3 is 2.74 bits per heavy atom. The van der Waals surface area contributed by atoms with E-state index in [9.17, 15) is 0 Å². The number of benzene rings is 1. The lowest BCUT2D eigenvalue weighted by molar-refractivity contribution is 0.181. The number of hydrogen-bond acceptors (Lipinski definition) is 3. The summed E-state index contributed by atoms with van der Waals surface area (Å²) in [4.78, 5) is 0. The highest BCUT2D eigenvalue weighted by atomic mass is 16.5. The topological polar surface area (TPSA) is 30.5 Å². The van der Waals surface area contributed by atoms with E-state index in [2.05, 4.69) is 31.3 Å². The highest BCUT2D eigenvalue weighted by Gasteiger charge is 2.35. The third-order valence-corrected chi connectivity index (χ3v) is 4.02. The van der Waals surface area contributed by atoms with Crippen LogP contribution in [0, 0.1) is 5.92 Å². The van der Waals surface area contributed by atoms with Gasteiger partial charge in [-0.1, -0.05) is 19.4 Å². The molecule has 2 rings (SSSR count). The average Bonchev–Trinajstić information content (AvgIpc) is 3.17. The second-order valence-corrected chi connectivity index (χ2v) is 5.40. The van der Waals surface area contributed by atoms with E-state index in [0.29, 0.717) is 18.7 Å². The largest absolute Gasteiger partial charge is 0.496 e. The molecule has 19 heavy (non-hydrogen) atoms. The van der Waals surface area contributed by atoms with Crippen molar-refractivity contribution in [2.45, 2.75) is 45.4 Å². The van der Waals surface area contributed by atoms with Gasteiger partial charge in [0.15, 0.2) is 0 Å². The van der Waals surface area contributed by atoms with Crippen molar-refractivity contribution in [2.24, 2.45) is 5.92 Å². The SMILES string of the molecule is CCC1CC1NC(C)c1ccc(OC)c(COC)c1. The van der Waals surface area contributed by atoms with E-state index in [1.54, 1.807) is 14.2 Å². The first-order valence-electron chi connectivity index (χ1n) is 7.11. The molecule has 1 N–H and O–H groups in total. The van der Waals surface area contributed by atoms with Crippen molar-refractivity contribution in [2.75, 3.05) is 14.2 Å². The molecule has 1 fully saturated rings. The highest BCUT2D eigenvalue weighted by molar-refractivity contribution is 5.38.